The highest BCUT2D eigenvalue weighted by Gasteiger charge is 2.25. The fourth-order valence-corrected chi connectivity index (χ4v) is 5.05. The molecule has 0 aliphatic heterocycles. The van der Waals surface area contributed by atoms with Crippen molar-refractivity contribution in [2.75, 3.05) is 26.2 Å². The van der Waals surface area contributed by atoms with Crippen molar-refractivity contribution in [3.05, 3.63) is 0 Å². The normalized spacial score (nSPS) is 11.6. The Hall–Kier alpha value is 0.690. The number of nitrogens with zero attached hydrogens (tertiary/aromatic N) is 1. The average molecular weight is 552 g/mol. The molecule has 0 rings (SSSR count). The fourth-order valence-electron chi connectivity index (χ4n) is 5.05. The van der Waals surface area contributed by atoms with Crippen molar-refractivity contribution in [3.63, 3.8) is 0 Å². The molecule has 0 aromatic rings. The van der Waals surface area contributed by atoms with Crippen molar-refractivity contribution < 1.29 is 28.5 Å². The monoisotopic (exact) mass is 551 g/mol. The van der Waals surface area contributed by atoms with Crippen LogP contribution in [0.2, 0.25) is 0 Å². The van der Waals surface area contributed by atoms with Gasteiger partial charge in [-0.3, -0.25) is 0 Å². The third-order valence-corrected chi connectivity index (χ3v) is 7.19. The third kappa shape index (κ3) is 22.3. The highest BCUT2D eigenvalue weighted by Crippen LogP contribution is 2.20. The molecule has 0 aliphatic rings. The molecule has 190 valence electrons. The van der Waals surface area contributed by atoms with Gasteiger partial charge >= 0.3 is 0 Å². The van der Waals surface area contributed by atoms with Crippen LogP contribution in [0.3, 0.4) is 0 Å². The summed E-state index contributed by atoms with van der Waals surface area (Å²) in [6.07, 6.45) is 30.3. The van der Waals surface area contributed by atoms with Gasteiger partial charge in [0.05, 0.1) is 26.2 Å². The van der Waals surface area contributed by atoms with E-state index in [1.165, 1.54) is 165 Å². The molecule has 0 heterocycles. The average Bonchev–Trinajstić information content (AvgIpc) is 2.75. The second-order valence-corrected chi connectivity index (χ2v) is 10.2. The van der Waals surface area contributed by atoms with Gasteiger partial charge < -0.3 is 28.5 Å². The smallest absolute Gasteiger partial charge is 0.0786 e. The Bertz CT molecular complexity index is 277. The van der Waals surface area contributed by atoms with E-state index >= 15 is 0 Å². The maximum Gasteiger partial charge on any atom is 0.0786 e. The van der Waals surface area contributed by atoms with Crippen LogP contribution in [0.5, 0.6) is 0 Å². The standard InChI is InChI=1S/C29H62N.HI/c1-5-9-13-16-19-23-27-30(26-22-12-8-4,28-24-20-17-14-10-6-2)29-25-21-18-15-11-7-3;/h5-29H2,1-4H3;1H/q+1;/p-1. The van der Waals surface area contributed by atoms with Crippen LogP contribution in [-0.4, -0.2) is 30.7 Å². The lowest BCUT2D eigenvalue weighted by atomic mass is 10.1. The molecule has 0 radical (unpaired) electrons. The van der Waals surface area contributed by atoms with Crippen LogP contribution in [0.4, 0.5) is 0 Å². The molecule has 31 heavy (non-hydrogen) atoms. The maximum absolute atomic E-state index is 2.36. The number of hydrogen-bond acceptors (Lipinski definition) is 0. The van der Waals surface area contributed by atoms with Crippen LogP contribution in [-0.2, 0) is 0 Å². The Balaban J connectivity index is 0. The van der Waals surface area contributed by atoms with Gasteiger partial charge in [-0.2, -0.15) is 0 Å². The van der Waals surface area contributed by atoms with E-state index in [1.807, 2.05) is 0 Å². The molecule has 0 N–H and O–H groups in total. The number of halogens is 1. The minimum atomic E-state index is 0. The molecule has 0 aliphatic carbocycles. The second kappa shape index (κ2) is 26.9. The molecule has 0 aromatic carbocycles. The Kier molecular flexibility index (Phi) is 29.4. The summed E-state index contributed by atoms with van der Waals surface area (Å²) in [5, 5.41) is 0. The Labute approximate surface area is 216 Å². The van der Waals surface area contributed by atoms with Gasteiger partial charge in [0, 0.05) is 0 Å². The third-order valence-electron chi connectivity index (χ3n) is 7.19. The molecule has 1 nitrogen and oxygen atoms in total. The van der Waals surface area contributed by atoms with E-state index in [4.69, 9.17) is 0 Å². The summed E-state index contributed by atoms with van der Waals surface area (Å²) in [7, 11) is 0. The number of rotatable bonds is 25. The van der Waals surface area contributed by atoms with Crippen molar-refractivity contribution in [2.24, 2.45) is 0 Å². The van der Waals surface area contributed by atoms with Crippen LogP contribution in [0.1, 0.15) is 163 Å². The lowest BCUT2D eigenvalue weighted by Gasteiger charge is -2.39. The van der Waals surface area contributed by atoms with Crippen molar-refractivity contribution in [1.29, 1.82) is 0 Å². The van der Waals surface area contributed by atoms with Gasteiger partial charge in [0.25, 0.3) is 0 Å². The topological polar surface area (TPSA) is 0 Å². The van der Waals surface area contributed by atoms with E-state index in [0.717, 1.165) is 0 Å². The first-order valence-corrected chi connectivity index (χ1v) is 14.6. The predicted octanol–water partition coefficient (Wildman–Crippen LogP) is 7.08. The largest absolute Gasteiger partial charge is 1.00 e. The summed E-state index contributed by atoms with van der Waals surface area (Å²) in [6, 6.07) is 0. The fraction of sp³-hybridized carbons (Fsp3) is 1.00. The summed E-state index contributed by atoms with van der Waals surface area (Å²) < 4.78 is 1.47. The molecule has 0 amide bonds. The molecule has 0 bridgehead atoms. The van der Waals surface area contributed by atoms with E-state index in [2.05, 4.69) is 27.7 Å². The van der Waals surface area contributed by atoms with Gasteiger partial charge in [-0.1, -0.05) is 111 Å². The maximum atomic E-state index is 2.36. The number of hydrogen-bond donors (Lipinski definition) is 0. The Morgan fingerprint density at radius 3 is 0.774 bits per heavy atom. The molecule has 0 saturated carbocycles. The molecular formula is C29H62IN. The molecule has 0 fully saturated rings. The van der Waals surface area contributed by atoms with E-state index in [1.54, 1.807) is 0 Å². The highest BCUT2D eigenvalue weighted by atomic mass is 127. The molecule has 0 aromatic heterocycles. The molecule has 0 atom stereocenters. The van der Waals surface area contributed by atoms with Crippen molar-refractivity contribution in [2.45, 2.75) is 163 Å². The highest BCUT2D eigenvalue weighted by molar-refractivity contribution is 4.54. The van der Waals surface area contributed by atoms with Gasteiger partial charge in [-0.05, 0) is 51.4 Å². The zero-order chi connectivity index (χ0) is 22.2. The first-order valence-electron chi connectivity index (χ1n) is 14.6. The minimum Gasteiger partial charge on any atom is -1.00 e. The van der Waals surface area contributed by atoms with Gasteiger partial charge in [0.1, 0.15) is 0 Å². The van der Waals surface area contributed by atoms with E-state index in [0.29, 0.717) is 0 Å². The summed E-state index contributed by atoms with van der Waals surface area (Å²) >= 11 is 0. The number of unbranched alkanes of at least 4 members (excludes halogenated alkanes) is 17. The predicted molar refractivity (Wildman–Crippen MR) is 139 cm³/mol. The Morgan fingerprint density at radius 2 is 0.484 bits per heavy atom. The quantitative estimate of drug-likeness (QED) is 0.0646. The molecule has 0 saturated heterocycles. The lowest BCUT2D eigenvalue weighted by Crippen LogP contribution is -3.00. The van der Waals surface area contributed by atoms with Gasteiger partial charge in [0.2, 0.25) is 0 Å². The van der Waals surface area contributed by atoms with E-state index in [9.17, 15) is 0 Å². The van der Waals surface area contributed by atoms with E-state index < -0.39 is 0 Å². The van der Waals surface area contributed by atoms with Crippen LogP contribution in [0, 0.1) is 0 Å². The van der Waals surface area contributed by atoms with Crippen molar-refractivity contribution in [1.82, 2.24) is 0 Å². The minimum absolute atomic E-state index is 0. The summed E-state index contributed by atoms with van der Waals surface area (Å²) in [5.41, 5.74) is 0. The van der Waals surface area contributed by atoms with Crippen molar-refractivity contribution in [3.8, 4) is 0 Å². The van der Waals surface area contributed by atoms with Crippen LogP contribution < -0.4 is 24.0 Å². The first kappa shape index (κ1) is 33.9. The molecule has 0 spiro atoms. The number of quaternary nitrogens is 1. The summed E-state index contributed by atoms with van der Waals surface area (Å²) in [5.74, 6) is 0. The van der Waals surface area contributed by atoms with Crippen LogP contribution in [0.15, 0.2) is 0 Å². The van der Waals surface area contributed by atoms with E-state index in [-0.39, 0.29) is 24.0 Å². The summed E-state index contributed by atoms with van der Waals surface area (Å²) in [6.45, 7) is 15.2. The zero-order valence-electron chi connectivity index (χ0n) is 22.5. The Morgan fingerprint density at radius 1 is 0.290 bits per heavy atom. The first-order chi connectivity index (χ1) is 14.7. The van der Waals surface area contributed by atoms with Gasteiger partial charge in [-0.25, -0.2) is 0 Å². The van der Waals surface area contributed by atoms with Crippen molar-refractivity contribution >= 4 is 0 Å². The van der Waals surface area contributed by atoms with Gasteiger partial charge in [-0.15, -0.1) is 0 Å². The van der Waals surface area contributed by atoms with Gasteiger partial charge in [0.15, 0.2) is 0 Å². The lowest BCUT2D eigenvalue weighted by molar-refractivity contribution is -0.929. The van der Waals surface area contributed by atoms with Crippen LogP contribution >= 0.6 is 0 Å². The molecule has 0 unspecified atom stereocenters. The molecule has 2 heteroatoms. The summed E-state index contributed by atoms with van der Waals surface area (Å²) in [4.78, 5) is 0. The molecular weight excluding hydrogens is 489 g/mol. The van der Waals surface area contributed by atoms with Crippen LogP contribution in [0.25, 0.3) is 0 Å². The zero-order valence-corrected chi connectivity index (χ0v) is 24.7. The SMILES string of the molecule is CCCCCCCC[N+](CCCCC)(CCCCCCCC)CCCCCCCC.[I-]. The second-order valence-electron chi connectivity index (χ2n) is 10.2.